The lowest BCUT2D eigenvalue weighted by atomic mass is 10.0. The Hall–Kier alpha value is -3.16. The van der Waals surface area contributed by atoms with Crippen LogP contribution in [0.3, 0.4) is 0 Å². The van der Waals surface area contributed by atoms with E-state index in [0.29, 0.717) is 24.9 Å². The van der Waals surface area contributed by atoms with Crippen molar-refractivity contribution in [1.82, 2.24) is 16.0 Å². The number of hydrogen-bond donors (Lipinski definition) is 8. The molecule has 0 bridgehead atoms. The molecule has 0 fully saturated rings. The highest BCUT2D eigenvalue weighted by atomic mass is 32.1. The van der Waals surface area contributed by atoms with Gasteiger partial charge in [-0.25, -0.2) is 4.79 Å². The number of nitrogens with one attached hydrogen (secondary N) is 3. The average Bonchev–Trinajstić information content (AvgIpc) is 2.82. The molecule has 12 nitrogen and oxygen atoms in total. The lowest BCUT2D eigenvalue weighted by Gasteiger charge is -2.25. The summed E-state index contributed by atoms with van der Waals surface area (Å²) in [6.45, 7) is 0.386. The molecule has 10 N–H and O–H groups in total. The standard InChI is InChI=1S/C22H34N6O6S/c23-9-5-4-8-15(22(33)34)26-20(31)16(10-13-6-2-1-3-7-13)28-21(32)17(11-18(25)29)27-19(30)14(24)12-35/h1-3,6-7,14-17,35H,4-5,8-12,23-24H2,(H2,25,29)(H,26,31)(H,27,30)(H,28,32)(H,33,34). The molecule has 0 radical (unpaired) electrons. The van der Waals surface area contributed by atoms with Crippen molar-refractivity contribution < 1.29 is 29.1 Å². The Morgan fingerprint density at radius 1 is 0.886 bits per heavy atom. The van der Waals surface area contributed by atoms with E-state index in [9.17, 15) is 29.1 Å². The Morgan fingerprint density at radius 3 is 2.00 bits per heavy atom. The SMILES string of the molecule is NCCCCC(NC(=O)C(Cc1ccccc1)NC(=O)C(CC(N)=O)NC(=O)C(N)CS)C(=O)O. The number of thiol groups is 1. The zero-order valence-corrected chi connectivity index (χ0v) is 20.2. The van der Waals surface area contributed by atoms with Crippen molar-refractivity contribution in [3.63, 3.8) is 0 Å². The quantitative estimate of drug-likeness (QED) is 0.0918. The number of hydrogen-bond acceptors (Lipinski definition) is 8. The first-order valence-electron chi connectivity index (χ1n) is 11.1. The number of carboxylic acids is 1. The van der Waals surface area contributed by atoms with E-state index >= 15 is 0 Å². The Balaban J connectivity index is 3.09. The molecule has 0 heterocycles. The summed E-state index contributed by atoms with van der Waals surface area (Å²) in [5.41, 5.74) is 17.0. The maximum atomic E-state index is 13.0. The van der Waals surface area contributed by atoms with E-state index in [1.807, 2.05) is 0 Å². The molecule has 1 rings (SSSR count). The van der Waals surface area contributed by atoms with Gasteiger partial charge in [0, 0.05) is 12.2 Å². The normalized spacial score (nSPS) is 14.1. The predicted molar refractivity (Wildman–Crippen MR) is 132 cm³/mol. The molecule has 0 saturated heterocycles. The van der Waals surface area contributed by atoms with Crippen molar-refractivity contribution in [3.05, 3.63) is 35.9 Å². The number of nitrogens with two attached hydrogens (primary N) is 3. The van der Waals surface area contributed by atoms with Crippen LogP contribution in [-0.2, 0) is 30.4 Å². The highest BCUT2D eigenvalue weighted by Crippen LogP contribution is 2.07. The Kier molecular flexibility index (Phi) is 13.4. The van der Waals surface area contributed by atoms with Gasteiger partial charge in [-0.15, -0.1) is 0 Å². The van der Waals surface area contributed by atoms with Crippen LogP contribution in [0.5, 0.6) is 0 Å². The highest BCUT2D eigenvalue weighted by Gasteiger charge is 2.31. The molecule has 35 heavy (non-hydrogen) atoms. The molecule has 0 aromatic heterocycles. The summed E-state index contributed by atoms with van der Waals surface area (Å²) in [6.07, 6.45) is 0.731. The van der Waals surface area contributed by atoms with Gasteiger partial charge in [0.05, 0.1) is 12.5 Å². The van der Waals surface area contributed by atoms with Crippen LogP contribution in [0.1, 0.15) is 31.2 Å². The first-order chi connectivity index (χ1) is 16.6. The summed E-state index contributed by atoms with van der Waals surface area (Å²) in [7, 11) is 0. The predicted octanol–water partition coefficient (Wildman–Crippen LogP) is -1.97. The smallest absolute Gasteiger partial charge is 0.326 e. The number of primary amides is 1. The fourth-order valence-electron chi connectivity index (χ4n) is 3.13. The van der Waals surface area contributed by atoms with Crippen LogP contribution < -0.4 is 33.2 Å². The summed E-state index contributed by atoms with van der Waals surface area (Å²) in [4.78, 5) is 61.3. The van der Waals surface area contributed by atoms with E-state index in [4.69, 9.17) is 17.2 Å². The van der Waals surface area contributed by atoms with Crippen LogP contribution in [0.2, 0.25) is 0 Å². The molecule has 0 spiro atoms. The number of carbonyl (C=O) groups excluding carboxylic acids is 4. The molecule has 13 heteroatoms. The molecule has 1 aromatic carbocycles. The minimum absolute atomic E-state index is 0.00346. The van der Waals surface area contributed by atoms with Crippen molar-refractivity contribution in [2.24, 2.45) is 17.2 Å². The zero-order chi connectivity index (χ0) is 26.4. The van der Waals surface area contributed by atoms with E-state index in [-0.39, 0.29) is 18.6 Å². The Morgan fingerprint density at radius 2 is 1.46 bits per heavy atom. The molecule has 0 aliphatic rings. The third-order valence-electron chi connectivity index (χ3n) is 5.05. The Labute approximate surface area is 209 Å². The molecular weight excluding hydrogens is 476 g/mol. The number of carbonyl (C=O) groups is 5. The third kappa shape index (κ3) is 11.2. The van der Waals surface area contributed by atoms with Gasteiger partial charge in [0.15, 0.2) is 0 Å². The number of aliphatic carboxylic acids is 1. The van der Waals surface area contributed by atoms with Crippen molar-refractivity contribution in [2.75, 3.05) is 12.3 Å². The van der Waals surface area contributed by atoms with Crippen LogP contribution >= 0.6 is 12.6 Å². The topological polar surface area (TPSA) is 220 Å². The molecule has 4 amide bonds. The van der Waals surface area contributed by atoms with Gasteiger partial charge in [-0.05, 0) is 31.4 Å². The van der Waals surface area contributed by atoms with E-state index in [1.54, 1.807) is 30.3 Å². The van der Waals surface area contributed by atoms with Crippen LogP contribution in [0.4, 0.5) is 0 Å². The summed E-state index contributed by atoms with van der Waals surface area (Å²) < 4.78 is 0. The first kappa shape index (κ1) is 29.9. The third-order valence-corrected chi connectivity index (χ3v) is 5.44. The molecule has 4 atom stereocenters. The zero-order valence-electron chi connectivity index (χ0n) is 19.3. The summed E-state index contributed by atoms with van der Waals surface area (Å²) >= 11 is 3.93. The van der Waals surface area contributed by atoms with E-state index in [0.717, 1.165) is 0 Å². The summed E-state index contributed by atoms with van der Waals surface area (Å²) in [6, 6.07) is 3.92. The Bertz CT molecular complexity index is 871. The molecule has 4 unspecified atom stereocenters. The fraction of sp³-hybridized carbons (Fsp3) is 0.500. The second-order valence-electron chi connectivity index (χ2n) is 7.96. The van der Waals surface area contributed by atoms with Crippen LogP contribution in [-0.4, -0.2) is 71.2 Å². The maximum Gasteiger partial charge on any atom is 0.326 e. The van der Waals surface area contributed by atoms with E-state index in [2.05, 4.69) is 28.6 Å². The maximum absolute atomic E-state index is 13.0. The lowest BCUT2D eigenvalue weighted by molar-refractivity contribution is -0.142. The lowest BCUT2D eigenvalue weighted by Crippen LogP contribution is -2.58. The monoisotopic (exact) mass is 510 g/mol. The van der Waals surface area contributed by atoms with Crippen molar-refractivity contribution >= 4 is 42.2 Å². The molecule has 194 valence electrons. The molecule has 0 saturated carbocycles. The van der Waals surface area contributed by atoms with Gasteiger partial charge in [0.1, 0.15) is 18.1 Å². The second-order valence-corrected chi connectivity index (χ2v) is 8.32. The van der Waals surface area contributed by atoms with Gasteiger partial charge in [-0.1, -0.05) is 30.3 Å². The molecule has 0 aliphatic heterocycles. The van der Waals surface area contributed by atoms with Crippen molar-refractivity contribution in [1.29, 1.82) is 0 Å². The van der Waals surface area contributed by atoms with Gasteiger partial charge in [0.2, 0.25) is 23.6 Å². The fourth-order valence-corrected chi connectivity index (χ4v) is 3.29. The van der Waals surface area contributed by atoms with Crippen LogP contribution in [0.15, 0.2) is 30.3 Å². The van der Waals surface area contributed by atoms with Gasteiger partial charge in [0.25, 0.3) is 0 Å². The van der Waals surface area contributed by atoms with E-state index < -0.39 is 60.2 Å². The van der Waals surface area contributed by atoms with Gasteiger partial charge in [-0.3, -0.25) is 19.2 Å². The summed E-state index contributed by atoms with van der Waals surface area (Å²) in [5.74, 6) is -4.40. The molecule has 1 aromatic rings. The first-order valence-corrected chi connectivity index (χ1v) is 11.7. The van der Waals surface area contributed by atoms with Crippen molar-refractivity contribution in [3.8, 4) is 0 Å². The van der Waals surface area contributed by atoms with Gasteiger partial charge in [-0.2, -0.15) is 12.6 Å². The van der Waals surface area contributed by atoms with E-state index in [1.165, 1.54) is 0 Å². The number of rotatable bonds is 16. The number of amides is 4. The van der Waals surface area contributed by atoms with Crippen LogP contribution in [0, 0.1) is 0 Å². The molecule has 0 aliphatic carbocycles. The minimum atomic E-state index is -1.39. The highest BCUT2D eigenvalue weighted by molar-refractivity contribution is 7.80. The van der Waals surface area contributed by atoms with Crippen molar-refractivity contribution in [2.45, 2.75) is 56.3 Å². The summed E-state index contributed by atoms with van der Waals surface area (Å²) in [5, 5.41) is 16.8. The minimum Gasteiger partial charge on any atom is -0.480 e. The number of benzene rings is 1. The second kappa shape index (κ2) is 15.7. The number of carboxylic acid groups (broad SMARTS) is 1. The van der Waals surface area contributed by atoms with Gasteiger partial charge < -0.3 is 38.3 Å². The largest absolute Gasteiger partial charge is 0.480 e. The van der Waals surface area contributed by atoms with Crippen LogP contribution in [0.25, 0.3) is 0 Å². The average molecular weight is 511 g/mol. The molecular formula is C22H34N6O6S. The number of unbranched alkanes of at least 4 members (excludes halogenated alkanes) is 1. The van der Waals surface area contributed by atoms with Gasteiger partial charge >= 0.3 is 5.97 Å².